The highest BCUT2D eigenvalue weighted by Crippen LogP contribution is 2.41. The van der Waals surface area contributed by atoms with E-state index in [1.807, 2.05) is 0 Å². The molecule has 0 aliphatic heterocycles. The Morgan fingerprint density at radius 2 is 0.769 bits per heavy atom. The van der Waals surface area contributed by atoms with Gasteiger partial charge >= 0.3 is 0 Å². The van der Waals surface area contributed by atoms with Crippen molar-refractivity contribution in [3.63, 3.8) is 0 Å². The number of fused-ring (bicyclic) bond motifs is 2. The van der Waals surface area contributed by atoms with Crippen molar-refractivity contribution in [3.8, 4) is 0 Å². The van der Waals surface area contributed by atoms with Crippen molar-refractivity contribution in [1.29, 1.82) is 0 Å². The number of hydrogen-bond donors (Lipinski definition) is 0. The second-order valence-corrected chi connectivity index (χ2v) is 12.2. The summed E-state index contributed by atoms with van der Waals surface area (Å²) in [5, 5.41) is 4.13. The SMILES string of the molecule is CCCCCCCCCCCCCOC1=C(OCCCCCCCCCCCCC)c2nc3cscc3nc21. The van der Waals surface area contributed by atoms with E-state index in [0.717, 1.165) is 60.0 Å². The zero-order valence-corrected chi connectivity index (χ0v) is 26.1. The molecule has 220 valence electrons. The Bertz CT molecular complexity index is 866. The largest absolute Gasteiger partial charge is 0.487 e. The summed E-state index contributed by atoms with van der Waals surface area (Å²) >= 11 is 1.65. The Labute approximate surface area is 243 Å². The van der Waals surface area contributed by atoms with E-state index in [1.54, 1.807) is 11.3 Å². The Morgan fingerprint density at radius 1 is 0.462 bits per heavy atom. The first-order valence-electron chi connectivity index (χ1n) is 16.6. The maximum Gasteiger partial charge on any atom is 0.191 e. The first-order chi connectivity index (χ1) is 19.3. The third-order valence-electron chi connectivity index (χ3n) is 7.94. The minimum Gasteiger partial charge on any atom is -0.487 e. The summed E-state index contributed by atoms with van der Waals surface area (Å²) in [4.78, 5) is 9.65. The lowest BCUT2D eigenvalue weighted by molar-refractivity contribution is 0.224. The molecule has 0 N–H and O–H groups in total. The molecule has 0 unspecified atom stereocenters. The summed E-state index contributed by atoms with van der Waals surface area (Å²) < 4.78 is 12.5. The van der Waals surface area contributed by atoms with E-state index in [9.17, 15) is 0 Å². The van der Waals surface area contributed by atoms with Crippen LogP contribution in [-0.2, 0) is 9.47 Å². The van der Waals surface area contributed by atoms with E-state index in [1.165, 1.54) is 128 Å². The number of unbranched alkanes of at least 4 members (excludes halogenated alkanes) is 20. The van der Waals surface area contributed by atoms with Crippen LogP contribution in [0.1, 0.15) is 166 Å². The first-order valence-corrected chi connectivity index (χ1v) is 17.5. The second-order valence-electron chi connectivity index (χ2n) is 11.5. The fraction of sp³-hybridized carbons (Fsp3) is 0.765. The van der Waals surface area contributed by atoms with Crippen molar-refractivity contribution in [2.45, 2.75) is 155 Å². The summed E-state index contributed by atoms with van der Waals surface area (Å²) in [6.07, 6.45) is 29.5. The number of thiophene rings is 1. The molecule has 0 spiro atoms. The molecule has 0 bridgehead atoms. The standard InChI is InChI=1S/C34H56N2O2S/c1-3-5-7-9-11-13-15-17-19-21-23-25-37-33-31-32(36-30-28-39-27-29(30)35-31)34(33)38-26-24-22-20-18-16-14-12-10-8-6-4-2/h27-28H,3-26H2,1-2H3. The van der Waals surface area contributed by atoms with E-state index in [-0.39, 0.29) is 0 Å². The normalized spacial score (nSPS) is 12.7. The second kappa shape index (κ2) is 20.3. The van der Waals surface area contributed by atoms with Crippen molar-refractivity contribution in [3.05, 3.63) is 22.1 Å². The van der Waals surface area contributed by atoms with Crippen LogP contribution in [0, 0.1) is 0 Å². The van der Waals surface area contributed by atoms with Crippen LogP contribution in [0.2, 0.25) is 0 Å². The van der Waals surface area contributed by atoms with Gasteiger partial charge in [0.2, 0.25) is 0 Å². The van der Waals surface area contributed by atoms with Crippen molar-refractivity contribution < 1.29 is 9.47 Å². The van der Waals surface area contributed by atoms with Gasteiger partial charge < -0.3 is 9.47 Å². The lowest BCUT2D eigenvalue weighted by Crippen LogP contribution is -2.17. The molecule has 0 amide bonds. The Hall–Kier alpha value is -1.62. The van der Waals surface area contributed by atoms with Gasteiger partial charge in [0.25, 0.3) is 0 Å². The van der Waals surface area contributed by atoms with Crippen LogP contribution < -0.4 is 0 Å². The lowest BCUT2D eigenvalue weighted by atomic mass is 10.0. The van der Waals surface area contributed by atoms with Crippen molar-refractivity contribution in [2.24, 2.45) is 0 Å². The minimum absolute atomic E-state index is 0.737. The van der Waals surface area contributed by atoms with Crippen LogP contribution in [0.3, 0.4) is 0 Å². The molecule has 0 saturated carbocycles. The summed E-state index contributed by atoms with van der Waals surface area (Å²) in [5.74, 6) is 1.67. The predicted octanol–water partition coefficient (Wildman–Crippen LogP) is 11.5. The van der Waals surface area contributed by atoms with E-state index in [4.69, 9.17) is 19.4 Å². The Kier molecular flexibility index (Phi) is 16.6. The van der Waals surface area contributed by atoms with Gasteiger partial charge in [0.1, 0.15) is 22.4 Å². The number of rotatable bonds is 26. The van der Waals surface area contributed by atoms with Gasteiger partial charge in [0.15, 0.2) is 11.5 Å². The van der Waals surface area contributed by atoms with Crippen LogP contribution in [-0.4, -0.2) is 23.2 Å². The van der Waals surface area contributed by atoms with E-state index >= 15 is 0 Å². The summed E-state index contributed by atoms with van der Waals surface area (Å²) in [7, 11) is 0. The zero-order chi connectivity index (χ0) is 27.4. The number of aromatic nitrogens is 2. The van der Waals surface area contributed by atoms with Crippen LogP contribution in [0.25, 0.3) is 22.6 Å². The Balaban J connectivity index is 1.29. The molecule has 0 saturated heterocycles. The molecule has 2 aromatic heterocycles. The third kappa shape index (κ3) is 11.8. The van der Waals surface area contributed by atoms with Gasteiger partial charge in [-0.25, -0.2) is 9.97 Å². The smallest absolute Gasteiger partial charge is 0.191 e. The van der Waals surface area contributed by atoms with Crippen molar-refractivity contribution in [1.82, 2.24) is 9.97 Å². The third-order valence-corrected chi connectivity index (χ3v) is 8.65. The summed E-state index contributed by atoms with van der Waals surface area (Å²) in [6, 6.07) is 0. The quantitative estimate of drug-likeness (QED) is 0.108. The lowest BCUT2D eigenvalue weighted by Gasteiger charge is -2.25. The molecule has 2 aromatic rings. The zero-order valence-electron chi connectivity index (χ0n) is 25.2. The summed E-state index contributed by atoms with van der Waals surface area (Å²) in [6.45, 7) is 6.04. The fourth-order valence-electron chi connectivity index (χ4n) is 5.42. The van der Waals surface area contributed by atoms with Crippen LogP contribution in [0.4, 0.5) is 0 Å². The van der Waals surface area contributed by atoms with Crippen LogP contribution in [0.5, 0.6) is 0 Å². The van der Waals surface area contributed by atoms with Crippen molar-refractivity contribution >= 4 is 33.9 Å². The van der Waals surface area contributed by atoms with E-state index in [2.05, 4.69) is 24.6 Å². The van der Waals surface area contributed by atoms with Gasteiger partial charge in [0, 0.05) is 10.8 Å². The highest BCUT2D eigenvalue weighted by molar-refractivity contribution is 7.09. The van der Waals surface area contributed by atoms with Gasteiger partial charge in [0.05, 0.1) is 13.2 Å². The highest BCUT2D eigenvalue weighted by Gasteiger charge is 2.34. The van der Waals surface area contributed by atoms with Gasteiger partial charge in [-0.2, -0.15) is 0 Å². The first kappa shape index (κ1) is 31.9. The number of nitrogens with zero attached hydrogens (tertiary/aromatic N) is 2. The molecule has 0 radical (unpaired) electrons. The Morgan fingerprint density at radius 3 is 1.10 bits per heavy atom. The molecule has 0 fully saturated rings. The van der Waals surface area contributed by atoms with Crippen LogP contribution >= 0.6 is 11.3 Å². The monoisotopic (exact) mass is 556 g/mol. The average molecular weight is 557 g/mol. The topological polar surface area (TPSA) is 44.2 Å². The number of hydrogen-bond acceptors (Lipinski definition) is 5. The molecular weight excluding hydrogens is 500 g/mol. The van der Waals surface area contributed by atoms with Crippen LogP contribution in [0.15, 0.2) is 10.8 Å². The molecular formula is C34H56N2O2S. The maximum absolute atomic E-state index is 6.24. The molecule has 1 aliphatic carbocycles. The molecule has 5 heteroatoms. The molecule has 2 heterocycles. The molecule has 0 aromatic carbocycles. The summed E-state index contributed by atoms with van der Waals surface area (Å²) in [5.41, 5.74) is 3.69. The minimum atomic E-state index is 0.737. The molecule has 1 aliphatic rings. The highest BCUT2D eigenvalue weighted by atomic mass is 32.1. The van der Waals surface area contributed by atoms with Gasteiger partial charge in [-0.05, 0) is 12.8 Å². The fourth-order valence-corrected chi connectivity index (χ4v) is 6.09. The van der Waals surface area contributed by atoms with Gasteiger partial charge in [-0.1, -0.05) is 142 Å². The van der Waals surface area contributed by atoms with Crippen molar-refractivity contribution in [2.75, 3.05) is 13.2 Å². The van der Waals surface area contributed by atoms with E-state index < -0.39 is 0 Å². The number of ether oxygens (including phenoxy) is 2. The average Bonchev–Trinajstić information content (AvgIpc) is 3.41. The predicted molar refractivity (Wildman–Crippen MR) is 169 cm³/mol. The molecule has 4 nitrogen and oxygen atoms in total. The molecule has 0 atom stereocenters. The molecule has 39 heavy (non-hydrogen) atoms. The van der Waals surface area contributed by atoms with Gasteiger partial charge in [-0.3, -0.25) is 0 Å². The maximum atomic E-state index is 6.24. The molecule has 3 rings (SSSR count). The van der Waals surface area contributed by atoms with Gasteiger partial charge in [-0.15, -0.1) is 11.3 Å². The van der Waals surface area contributed by atoms with E-state index in [0.29, 0.717) is 0 Å².